The van der Waals surface area contributed by atoms with E-state index in [-0.39, 0.29) is 35.3 Å². The molecular weight excluding hydrogens is 300 g/mol. The van der Waals surface area contributed by atoms with Crippen LogP contribution in [0.2, 0.25) is 18.1 Å². The highest BCUT2D eigenvalue weighted by molar-refractivity contribution is 6.74. The summed E-state index contributed by atoms with van der Waals surface area (Å²) in [5.41, 5.74) is 0. The molecule has 0 aromatic rings. The molecule has 2 unspecified atom stereocenters. The SMILES string of the molecule is CC(=O)OC1CC(O[Si](C)(C)C(C)(C)C)C[C@@H](OC(C)=O)C1. The average molecular weight is 330 g/mol. The monoisotopic (exact) mass is 330 g/mol. The summed E-state index contributed by atoms with van der Waals surface area (Å²) >= 11 is 0. The van der Waals surface area contributed by atoms with Crippen molar-refractivity contribution in [3.05, 3.63) is 0 Å². The highest BCUT2D eigenvalue weighted by atomic mass is 28.4. The van der Waals surface area contributed by atoms with Crippen LogP contribution in [0.15, 0.2) is 0 Å². The molecule has 1 saturated carbocycles. The molecule has 0 aliphatic heterocycles. The minimum atomic E-state index is -1.91. The summed E-state index contributed by atoms with van der Waals surface area (Å²) in [7, 11) is -1.91. The van der Waals surface area contributed by atoms with Crippen LogP contribution in [0.25, 0.3) is 0 Å². The summed E-state index contributed by atoms with van der Waals surface area (Å²) in [5.74, 6) is -0.612. The molecule has 0 spiro atoms. The number of hydrogen-bond acceptors (Lipinski definition) is 5. The molecule has 0 amide bonds. The van der Waals surface area contributed by atoms with Crippen molar-refractivity contribution in [2.24, 2.45) is 0 Å². The van der Waals surface area contributed by atoms with Crippen LogP contribution in [-0.4, -0.2) is 38.6 Å². The van der Waals surface area contributed by atoms with Crippen LogP contribution in [-0.2, 0) is 23.5 Å². The van der Waals surface area contributed by atoms with Crippen molar-refractivity contribution in [3.8, 4) is 0 Å². The second kappa shape index (κ2) is 7.13. The molecule has 1 aliphatic rings. The van der Waals surface area contributed by atoms with Gasteiger partial charge >= 0.3 is 11.9 Å². The Bertz CT molecular complexity index is 389. The zero-order valence-electron chi connectivity index (χ0n) is 14.9. The van der Waals surface area contributed by atoms with Crippen molar-refractivity contribution in [2.45, 2.75) is 90.3 Å². The third-order valence-electron chi connectivity index (χ3n) is 4.51. The van der Waals surface area contributed by atoms with Gasteiger partial charge in [0, 0.05) is 33.1 Å². The van der Waals surface area contributed by atoms with Gasteiger partial charge in [-0.2, -0.15) is 0 Å². The molecule has 0 saturated heterocycles. The summed E-state index contributed by atoms with van der Waals surface area (Å²) in [6.07, 6.45) is 1.36. The van der Waals surface area contributed by atoms with Crippen molar-refractivity contribution in [2.75, 3.05) is 0 Å². The van der Waals surface area contributed by atoms with Crippen molar-refractivity contribution >= 4 is 20.3 Å². The molecule has 128 valence electrons. The number of carbonyl (C=O) groups is 2. The van der Waals surface area contributed by atoms with Crippen molar-refractivity contribution < 1.29 is 23.5 Å². The van der Waals surface area contributed by atoms with Crippen molar-refractivity contribution in [1.29, 1.82) is 0 Å². The first-order chi connectivity index (χ1) is 9.90. The van der Waals surface area contributed by atoms with Crippen LogP contribution in [0.4, 0.5) is 0 Å². The maximum Gasteiger partial charge on any atom is 0.302 e. The maximum atomic E-state index is 11.2. The Morgan fingerprint density at radius 3 is 1.55 bits per heavy atom. The van der Waals surface area contributed by atoms with E-state index in [0.717, 1.165) is 0 Å². The molecule has 5 nitrogen and oxygen atoms in total. The highest BCUT2D eigenvalue weighted by Gasteiger charge is 2.42. The van der Waals surface area contributed by atoms with Gasteiger partial charge in [-0.1, -0.05) is 20.8 Å². The number of ether oxygens (including phenoxy) is 2. The second-order valence-corrected chi connectivity index (χ2v) is 12.4. The van der Waals surface area contributed by atoms with Gasteiger partial charge in [0.1, 0.15) is 12.2 Å². The lowest BCUT2D eigenvalue weighted by atomic mass is 9.92. The molecule has 22 heavy (non-hydrogen) atoms. The molecule has 0 aromatic heterocycles. The molecule has 1 rings (SSSR count). The molecule has 0 heterocycles. The van der Waals surface area contributed by atoms with E-state index < -0.39 is 8.32 Å². The summed E-state index contributed by atoms with van der Waals surface area (Å²) in [4.78, 5) is 22.5. The normalized spacial score (nSPS) is 26.4. The lowest BCUT2D eigenvalue weighted by molar-refractivity contribution is -0.159. The van der Waals surface area contributed by atoms with Gasteiger partial charge in [-0.15, -0.1) is 0 Å². The van der Waals surface area contributed by atoms with Crippen LogP contribution >= 0.6 is 0 Å². The topological polar surface area (TPSA) is 61.8 Å². The summed E-state index contributed by atoms with van der Waals surface area (Å²) < 4.78 is 17.1. The molecular formula is C16H30O5Si. The van der Waals surface area contributed by atoms with Gasteiger partial charge in [0.25, 0.3) is 0 Å². The number of rotatable bonds is 4. The van der Waals surface area contributed by atoms with Gasteiger partial charge < -0.3 is 13.9 Å². The van der Waals surface area contributed by atoms with E-state index in [4.69, 9.17) is 13.9 Å². The second-order valence-electron chi connectivity index (χ2n) is 7.67. The predicted molar refractivity (Wildman–Crippen MR) is 87.0 cm³/mol. The van der Waals surface area contributed by atoms with Gasteiger partial charge in [0.2, 0.25) is 0 Å². The van der Waals surface area contributed by atoms with E-state index in [1.807, 2.05) is 0 Å². The summed E-state index contributed by atoms with van der Waals surface area (Å²) in [5, 5.41) is 0.109. The predicted octanol–water partition coefficient (Wildman–Crippen LogP) is 3.42. The molecule has 0 aromatic carbocycles. The third kappa shape index (κ3) is 5.72. The highest BCUT2D eigenvalue weighted by Crippen LogP contribution is 2.39. The Kier molecular flexibility index (Phi) is 6.21. The van der Waals surface area contributed by atoms with Gasteiger partial charge in [-0.25, -0.2) is 0 Å². The first-order valence-corrected chi connectivity index (χ1v) is 10.8. The molecule has 1 fully saturated rings. The Hall–Kier alpha value is -0.883. The van der Waals surface area contributed by atoms with Crippen LogP contribution < -0.4 is 0 Å². The Balaban J connectivity index is 2.79. The lowest BCUT2D eigenvalue weighted by Crippen LogP contribution is -2.48. The van der Waals surface area contributed by atoms with Crippen LogP contribution in [0.3, 0.4) is 0 Å². The molecule has 3 atom stereocenters. The minimum absolute atomic E-state index is 0.0386. The summed E-state index contributed by atoms with van der Waals surface area (Å²) in [6.45, 7) is 13.8. The molecule has 1 aliphatic carbocycles. The Morgan fingerprint density at radius 1 is 0.864 bits per heavy atom. The Morgan fingerprint density at radius 2 is 1.23 bits per heavy atom. The minimum Gasteiger partial charge on any atom is -0.462 e. The maximum absolute atomic E-state index is 11.2. The van der Waals surface area contributed by atoms with E-state index in [9.17, 15) is 9.59 Å². The molecule has 0 N–H and O–H groups in total. The average Bonchev–Trinajstić information content (AvgIpc) is 2.23. The van der Waals surface area contributed by atoms with Gasteiger partial charge in [-0.05, 0) is 18.1 Å². The van der Waals surface area contributed by atoms with Gasteiger partial charge in [0.05, 0.1) is 6.10 Å². The lowest BCUT2D eigenvalue weighted by Gasteiger charge is -2.42. The van der Waals surface area contributed by atoms with Crippen molar-refractivity contribution in [3.63, 3.8) is 0 Å². The fraction of sp³-hybridized carbons (Fsp3) is 0.875. The standard InChI is InChI=1S/C16H30O5Si/c1-11(17)19-13-8-14(20-12(2)18)10-15(9-13)21-22(6,7)16(3,4)5/h13-15H,8-10H2,1-7H3/t13-,14?,15?/m0/s1. The quantitative estimate of drug-likeness (QED) is 0.584. The number of carbonyl (C=O) groups excluding carboxylic acids is 2. The fourth-order valence-electron chi connectivity index (χ4n) is 2.52. The third-order valence-corrected chi connectivity index (χ3v) is 9.05. The Labute approximate surface area is 134 Å². The van der Waals surface area contributed by atoms with E-state index >= 15 is 0 Å². The summed E-state index contributed by atoms with van der Waals surface area (Å²) in [6, 6.07) is 0. The molecule has 0 bridgehead atoms. The first-order valence-electron chi connectivity index (χ1n) is 7.93. The largest absolute Gasteiger partial charge is 0.462 e. The van der Waals surface area contributed by atoms with E-state index in [1.165, 1.54) is 13.8 Å². The number of esters is 2. The smallest absolute Gasteiger partial charge is 0.302 e. The van der Waals surface area contributed by atoms with Crippen molar-refractivity contribution in [1.82, 2.24) is 0 Å². The molecule has 0 radical (unpaired) electrons. The van der Waals surface area contributed by atoms with E-state index in [1.54, 1.807) is 0 Å². The van der Waals surface area contributed by atoms with Crippen LogP contribution in [0.5, 0.6) is 0 Å². The first kappa shape index (κ1) is 19.2. The fourth-order valence-corrected chi connectivity index (χ4v) is 3.90. The molecule has 6 heteroatoms. The van der Waals surface area contributed by atoms with Crippen LogP contribution in [0.1, 0.15) is 53.9 Å². The number of hydrogen-bond donors (Lipinski definition) is 0. The van der Waals surface area contributed by atoms with E-state index in [2.05, 4.69) is 33.9 Å². The van der Waals surface area contributed by atoms with Gasteiger partial charge in [-0.3, -0.25) is 9.59 Å². The zero-order valence-corrected chi connectivity index (χ0v) is 15.9. The van der Waals surface area contributed by atoms with Gasteiger partial charge in [0.15, 0.2) is 8.32 Å². The van der Waals surface area contributed by atoms with Crippen LogP contribution in [0, 0.1) is 0 Å². The zero-order chi connectivity index (χ0) is 17.1. The van der Waals surface area contributed by atoms with E-state index in [0.29, 0.717) is 19.3 Å².